The summed E-state index contributed by atoms with van der Waals surface area (Å²) < 4.78 is 65.8. The lowest BCUT2D eigenvalue weighted by Gasteiger charge is -2.37. The topological polar surface area (TPSA) is 168 Å². The van der Waals surface area contributed by atoms with Crippen LogP contribution in [0.5, 0.6) is 0 Å². The Balaban J connectivity index is 0.980. The Hall–Kier alpha value is -5.80. The van der Waals surface area contributed by atoms with E-state index < -0.39 is 20.0 Å². The van der Waals surface area contributed by atoms with Crippen LogP contribution in [0.15, 0.2) is 119 Å². The van der Waals surface area contributed by atoms with Crippen molar-refractivity contribution in [1.29, 1.82) is 5.26 Å². The predicted octanol–water partition coefficient (Wildman–Crippen LogP) is 7.10. The average molecular weight is 883 g/mol. The number of aromatic amines is 2. The highest BCUT2D eigenvalue weighted by atomic mass is 32.2. The third-order valence-corrected chi connectivity index (χ3v) is 16.2. The summed E-state index contributed by atoms with van der Waals surface area (Å²) in [7, 11) is -8.03. The van der Waals surface area contributed by atoms with Gasteiger partial charge in [-0.15, -0.1) is 0 Å². The number of nitrogens with one attached hydrogen (secondary N) is 3. The molecule has 16 heteroatoms. The van der Waals surface area contributed by atoms with Crippen LogP contribution in [0, 0.1) is 11.3 Å². The molecule has 2 saturated heterocycles. The molecule has 14 nitrogen and oxygen atoms in total. The first-order valence-corrected chi connectivity index (χ1v) is 24.6. The van der Waals surface area contributed by atoms with E-state index in [2.05, 4.69) is 66.4 Å². The van der Waals surface area contributed by atoms with Crippen LogP contribution in [0.4, 0.5) is 0 Å². The van der Waals surface area contributed by atoms with E-state index >= 15 is 0 Å². The number of nitriles is 1. The first kappa shape index (κ1) is 41.2. The fourth-order valence-electron chi connectivity index (χ4n) is 9.64. The molecule has 3 N–H and O–H groups in total. The van der Waals surface area contributed by atoms with Gasteiger partial charge >= 0.3 is 0 Å². The van der Waals surface area contributed by atoms with Crippen LogP contribution >= 0.6 is 0 Å². The van der Waals surface area contributed by atoms with E-state index in [0.717, 1.165) is 94.8 Å². The molecule has 2 aliphatic heterocycles. The van der Waals surface area contributed by atoms with Crippen LogP contribution < -0.4 is 4.72 Å². The third kappa shape index (κ3) is 7.62. The van der Waals surface area contributed by atoms with Crippen LogP contribution in [0.25, 0.3) is 43.6 Å². The Morgan fingerprint density at radius 1 is 0.778 bits per heavy atom. The molecule has 324 valence electrons. The predicted molar refractivity (Wildman–Crippen MR) is 245 cm³/mol. The quantitative estimate of drug-likeness (QED) is 0.0865. The maximum Gasteiger partial charge on any atom is 0.244 e. The van der Waals surface area contributed by atoms with E-state index in [1.807, 2.05) is 53.3 Å². The van der Waals surface area contributed by atoms with Crippen molar-refractivity contribution in [3.8, 4) is 6.07 Å². The molecule has 6 heterocycles. The van der Waals surface area contributed by atoms with Crippen LogP contribution in [0.3, 0.4) is 0 Å². The minimum absolute atomic E-state index is 0.0843. The number of likely N-dealkylation sites (tertiary alicyclic amines) is 2. The number of para-hydroxylation sites is 2. The fourth-order valence-corrected chi connectivity index (χ4v) is 12.1. The van der Waals surface area contributed by atoms with Crippen LogP contribution in [0.2, 0.25) is 0 Å². The monoisotopic (exact) mass is 882 g/mol. The van der Waals surface area contributed by atoms with E-state index in [1.54, 1.807) is 36.5 Å². The van der Waals surface area contributed by atoms with Gasteiger partial charge in [0.25, 0.3) is 0 Å². The summed E-state index contributed by atoms with van der Waals surface area (Å²) in [5.74, 6) is 0. The maximum atomic E-state index is 14.4. The number of hydrogen-bond acceptors (Lipinski definition) is 8. The van der Waals surface area contributed by atoms with Gasteiger partial charge in [0.15, 0.2) is 0 Å². The second-order valence-electron chi connectivity index (χ2n) is 16.7. The summed E-state index contributed by atoms with van der Waals surface area (Å²) in [5.41, 5.74) is 6.05. The van der Waals surface area contributed by atoms with E-state index in [1.165, 1.54) is 4.31 Å². The zero-order chi connectivity index (χ0) is 43.3. The van der Waals surface area contributed by atoms with Gasteiger partial charge in [0.05, 0.1) is 39.2 Å². The SMILES string of the molecule is CCn1nc([C@@H](CNS(=O)(=O)c2cc(Cn3cc(C(CN(CC#N)S(=O)(=O)c4ccc5cc[nH]c5c4)N4CCCC4)c4ccccc43)c3cc[nH]c3c2)N2CCC2)c2ccccc21. The van der Waals surface area contributed by atoms with Crippen molar-refractivity contribution < 1.29 is 16.8 Å². The smallest absolute Gasteiger partial charge is 0.244 e. The van der Waals surface area contributed by atoms with E-state index in [9.17, 15) is 22.1 Å². The molecule has 0 spiro atoms. The van der Waals surface area contributed by atoms with Gasteiger partial charge in [0.2, 0.25) is 20.0 Å². The summed E-state index contributed by atoms with van der Waals surface area (Å²) in [6.07, 6.45) is 8.72. The van der Waals surface area contributed by atoms with E-state index in [0.29, 0.717) is 24.1 Å². The average Bonchev–Trinajstić information content (AvgIpc) is 4.14. The Kier molecular flexibility index (Phi) is 10.9. The van der Waals surface area contributed by atoms with Gasteiger partial charge in [0, 0.05) is 90.6 Å². The van der Waals surface area contributed by atoms with Gasteiger partial charge in [-0.1, -0.05) is 42.5 Å². The van der Waals surface area contributed by atoms with Gasteiger partial charge in [-0.2, -0.15) is 14.7 Å². The minimum atomic E-state index is -4.05. The lowest BCUT2D eigenvalue weighted by molar-refractivity contribution is 0.117. The highest BCUT2D eigenvalue weighted by Gasteiger charge is 2.35. The third-order valence-electron chi connectivity index (χ3n) is 13.0. The van der Waals surface area contributed by atoms with Gasteiger partial charge in [-0.3, -0.25) is 14.5 Å². The van der Waals surface area contributed by atoms with Crippen molar-refractivity contribution in [2.45, 2.75) is 61.2 Å². The lowest BCUT2D eigenvalue weighted by Crippen LogP contribution is -2.45. The van der Waals surface area contributed by atoms with Crippen molar-refractivity contribution >= 4 is 63.7 Å². The Morgan fingerprint density at radius 3 is 2.24 bits per heavy atom. The molecule has 4 aromatic heterocycles. The minimum Gasteiger partial charge on any atom is -0.361 e. The second-order valence-corrected chi connectivity index (χ2v) is 20.4. The van der Waals surface area contributed by atoms with Crippen molar-refractivity contribution in [3.63, 3.8) is 0 Å². The molecule has 1 unspecified atom stereocenters. The normalized spacial score (nSPS) is 16.4. The number of aromatic nitrogens is 5. The number of H-pyrrole nitrogens is 2. The molecule has 0 saturated carbocycles. The summed E-state index contributed by atoms with van der Waals surface area (Å²) >= 11 is 0. The number of benzene rings is 4. The summed E-state index contributed by atoms with van der Waals surface area (Å²) in [4.78, 5) is 11.3. The maximum absolute atomic E-state index is 14.4. The molecule has 63 heavy (non-hydrogen) atoms. The molecule has 2 fully saturated rings. The molecule has 0 aliphatic carbocycles. The lowest BCUT2D eigenvalue weighted by atomic mass is 10.0. The Bertz CT molecular complexity index is 3240. The molecule has 0 radical (unpaired) electrons. The number of sulfonamides is 2. The molecular weight excluding hydrogens is 833 g/mol. The van der Waals surface area contributed by atoms with Crippen molar-refractivity contribution in [2.75, 3.05) is 45.8 Å². The number of fused-ring (bicyclic) bond motifs is 4. The highest BCUT2D eigenvalue weighted by molar-refractivity contribution is 7.89. The number of rotatable bonds is 16. The molecule has 10 rings (SSSR count). The molecule has 8 aromatic rings. The Morgan fingerprint density at radius 2 is 1.48 bits per heavy atom. The van der Waals surface area contributed by atoms with Crippen LogP contribution in [-0.4, -0.2) is 101 Å². The molecule has 2 atom stereocenters. The summed E-state index contributed by atoms with van der Waals surface area (Å²) in [5, 5.41) is 18.8. The number of hydrogen-bond donors (Lipinski definition) is 3. The standard InChI is InChI=1S/C47H50N10O4S2/c1-2-57-44-13-6-4-11-39(44)47(52-57)45(53-23-9-24-53)29-51-62(58,59)36-26-34(37-17-20-50-42(37)28-36)30-55-31-40(38-10-3-5-12-43(38)55)46(54-21-7-8-22-54)32-56(25-18-48)63(60,61)35-15-14-33-16-19-49-41(33)27-35/h3-6,10-17,19-20,26-28,31,45-46,49-51H,2,7-9,21-25,29-30,32H2,1H3/t45-,46?/m1/s1. The molecule has 0 bridgehead atoms. The van der Waals surface area contributed by atoms with Gasteiger partial charge in [0.1, 0.15) is 6.54 Å². The van der Waals surface area contributed by atoms with E-state index in [-0.39, 0.29) is 41.5 Å². The first-order chi connectivity index (χ1) is 30.6. The number of nitrogens with zero attached hydrogens (tertiary/aromatic N) is 7. The van der Waals surface area contributed by atoms with Gasteiger partial charge in [-0.25, -0.2) is 21.6 Å². The summed E-state index contributed by atoms with van der Waals surface area (Å²) in [6, 6.07) is 30.1. The van der Waals surface area contributed by atoms with Crippen molar-refractivity contribution in [3.05, 3.63) is 126 Å². The molecular formula is C47H50N10O4S2. The first-order valence-electron chi connectivity index (χ1n) is 21.7. The zero-order valence-corrected chi connectivity index (χ0v) is 36.7. The molecule has 4 aromatic carbocycles. The highest BCUT2D eigenvalue weighted by Crippen LogP contribution is 2.36. The van der Waals surface area contributed by atoms with Crippen LogP contribution in [0.1, 0.15) is 55.1 Å². The van der Waals surface area contributed by atoms with Crippen molar-refractivity contribution in [1.82, 2.24) is 43.1 Å². The largest absolute Gasteiger partial charge is 0.361 e. The van der Waals surface area contributed by atoms with Crippen LogP contribution in [-0.2, 0) is 33.1 Å². The summed E-state index contributed by atoms with van der Waals surface area (Å²) in [6.45, 7) is 6.44. The molecule has 0 amide bonds. The Labute approximate surface area is 366 Å². The zero-order valence-electron chi connectivity index (χ0n) is 35.1. The fraction of sp³-hybridized carbons (Fsp3) is 0.319. The van der Waals surface area contributed by atoms with E-state index in [4.69, 9.17) is 5.10 Å². The second kappa shape index (κ2) is 16.7. The number of aryl methyl sites for hydroxylation is 1. The molecule has 2 aliphatic rings. The van der Waals surface area contributed by atoms with Crippen molar-refractivity contribution in [2.24, 2.45) is 0 Å². The van der Waals surface area contributed by atoms with Gasteiger partial charge < -0.3 is 14.5 Å². The van der Waals surface area contributed by atoms with Gasteiger partial charge in [-0.05, 0) is 104 Å².